The van der Waals surface area contributed by atoms with E-state index in [1.807, 2.05) is 79.8 Å². The number of carboxylic acids is 1. The summed E-state index contributed by atoms with van der Waals surface area (Å²) in [5.74, 6) is -0.0961. The lowest BCUT2D eigenvalue weighted by molar-refractivity contribution is -0.139. The molecule has 0 aliphatic carbocycles. The summed E-state index contributed by atoms with van der Waals surface area (Å²) in [6, 6.07) is 14.3. The molecule has 1 aliphatic rings. The minimum absolute atomic E-state index is 0.188. The molecule has 1 N–H and O–H groups in total. The zero-order valence-corrected chi connectivity index (χ0v) is 28.4. The maximum Gasteiger partial charge on any atom is 0.341 e. The molecule has 12 heteroatoms. The number of thiazole rings is 1. The molecule has 1 aromatic heterocycles. The van der Waals surface area contributed by atoms with Crippen molar-refractivity contribution >= 4 is 62.7 Å². The van der Waals surface area contributed by atoms with Crippen molar-refractivity contribution in [3.05, 3.63) is 94.2 Å². The Morgan fingerprint density at radius 2 is 1.80 bits per heavy atom. The fourth-order valence-electron chi connectivity index (χ4n) is 5.53. The van der Waals surface area contributed by atoms with Crippen molar-refractivity contribution in [1.82, 2.24) is 9.47 Å². The van der Waals surface area contributed by atoms with E-state index < -0.39 is 18.6 Å². The Labute approximate surface area is 277 Å². The number of halogens is 1. The van der Waals surface area contributed by atoms with Crippen molar-refractivity contribution in [2.75, 3.05) is 33.9 Å². The molecule has 10 nitrogen and oxygen atoms in total. The summed E-state index contributed by atoms with van der Waals surface area (Å²) in [5.41, 5.74) is 2.01. The molecule has 1 amide bonds. The Kier molecular flexibility index (Phi) is 9.63. The summed E-state index contributed by atoms with van der Waals surface area (Å²) >= 11 is 3.27. The lowest BCUT2D eigenvalue weighted by atomic mass is 9.90. The standard InChI is InChI=1S/C33H32IN3O7S/c1-6-36(7-2)32(41)27-18(3)35-33-37(29(27)28-21-11-9-8-10-20(21)12-13-23(28)42-4)31(40)25(45-33)16-19-14-22(34)30(24(15-19)43-5)44-17-26(38)39/h8-16,29H,6-7,17H2,1-5H3,(H,38,39)/b25-16+/t29-/m0/s1. The maximum absolute atomic E-state index is 14.4. The molecule has 0 spiro atoms. The molecule has 5 rings (SSSR count). The SMILES string of the molecule is CCN(CC)C(=O)C1=C(C)N=c2s/c(=C/c3cc(I)c(OCC(=O)O)c(OC)c3)c(=O)n2[C@@H]1c1c(OC)ccc2ccccc12. The van der Waals surface area contributed by atoms with Gasteiger partial charge in [-0.1, -0.05) is 41.7 Å². The third kappa shape index (κ3) is 6.08. The molecule has 0 bridgehead atoms. The second-order valence-electron chi connectivity index (χ2n) is 10.2. The van der Waals surface area contributed by atoms with Gasteiger partial charge < -0.3 is 24.2 Å². The number of methoxy groups -OCH3 is 2. The zero-order valence-electron chi connectivity index (χ0n) is 25.4. The van der Waals surface area contributed by atoms with Gasteiger partial charge >= 0.3 is 5.97 Å². The number of likely N-dealkylation sites (N-methyl/N-ethyl adjacent to an activating group) is 1. The minimum Gasteiger partial charge on any atom is -0.496 e. The van der Waals surface area contributed by atoms with E-state index in [9.17, 15) is 14.4 Å². The highest BCUT2D eigenvalue weighted by atomic mass is 127. The smallest absolute Gasteiger partial charge is 0.341 e. The topological polar surface area (TPSA) is 120 Å². The lowest BCUT2D eigenvalue weighted by Gasteiger charge is -2.30. The first-order valence-electron chi connectivity index (χ1n) is 14.2. The number of aliphatic carboxylic acids is 1. The largest absolute Gasteiger partial charge is 0.496 e. The maximum atomic E-state index is 14.4. The Bertz CT molecular complexity index is 2030. The number of benzene rings is 3. The van der Waals surface area contributed by atoms with E-state index in [4.69, 9.17) is 24.3 Å². The van der Waals surface area contributed by atoms with Gasteiger partial charge in [0, 0.05) is 18.7 Å². The van der Waals surface area contributed by atoms with Gasteiger partial charge in [-0.2, -0.15) is 0 Å². The van der Waals surface area contributed by atoms with E-state index in [1.54, 1.807) is 34.8 Å². The van der Waals surface area contributed by atoms with Crippen LogP contribution >= 0.6 is 33.9 Å². The highest BCUT2D eigenvalue weighted by molar-refractivity contribution is 14.1. The molecule has 1 aliphatic heterocycles. The van der Waals surface area contributed by atoms with Crippen molar-refractivity contribution in [1.29, 1.82) is 0 Å². The number of allylic oxidation sites excluding steroid dienone is 1. The van der Waals surface area contributed by atoms with Gasteiger partial charge in [-0.25, -0.2) is 9.79 Å². The van der Waals surface area contributed by atoms with Gasteiger partial charge in [-0.15, -0.1) is 0 Å². The summed E-state index contributed by atoms with van der Waals surface area (Å²) < 4.78 is 19.4. The molecule has 234 valence electrons. The average Bonchev–Trinajstić information content (AvgIpc) is 3.33. The number of carboxylic acid groups (broad SMARTS) is 1. The number of nitrogens with zero attached hydrogens (tertiary/aromatic N) is 3. The number of ether oxygens (including phenoxy) is 3. The van der Waals surface area contributed by atoms with Gasteiger partial charge in [-0.3, -0.25) is 14.2 Å². The summed E-state index contributed by atoms with van der Waals surface area (Å²) in [6.45, 7) is 6.14. The number of fused-ring (bicyclic) bond motifs is 2. The molecule has 2 heterocycles. The van der Waals surface area contributed by atoms with Gasteiger partial charge in [-0.05, 0) is 84.0 Å². The van der Waals surface area contributed by atoms with Crippen LogP contribution in [0.2, 0.25) is 0 Å². The van der Waals surface area contributed by atoms with Crippen molar-refractivity contribution in [2.24, 2.45) is 4.99 Å². The van der Waals surface area contributed by atoms with E-state index in [1.165, 1.54) is 18.4 Å². The first-order valence-corrected chi connectivity index (χ1v) is 16.1. The highest BCUT2D eigenvalue weighted by Gasteiger charge is 2.36. The van der Waals surface area contributed by atoms with Gasteiger partial charge in [0.15, 0.2) is 22.9 Å². The van der Waals surface area contributed by atoms with E-state index >= 15 is 0 Å². The normalized spacial score (nSPS) is 14.6. The summed E-state index contributed by atoms with van der Waals surface area (Å²) in [6.07, 6.45) is 1.73. The lowest BCUT2D eigenvalue weighted by Crippen LogP contribution is -2.43. The summed E-state index contributed by atoms with van der Waals surface area (Å²) in [7, 11) is 3.05. The number of aromatic nitrogens is 1. The molecule has 3 aromatic carbocycles. The van der Waals surface area contributed by atoms with E-state index in [0.29, 0.717) is 65.6 Å². The van der Waals surface area contributed by atoms with Crippen LogP contribution < -0.4 is 29.1 Å². The van der Waals surface area contributed by atoms with Crippen LogP contribution in [0.3, 0.4) is 0 Å². The Hall–Kier alpha value is -4.17. The Morgan fingerprint density at radius 1 is 1.09 bits per heavy atom. The Balaban J connectivity index is 1.77. The average molecular weight is 742 g/mol. The zero-order chi connectivity index (χ0) is 32.4. The molecule has 4 aromatic rings. The van der Waals surface area contributed by atoms with Gasteiger partial charge in [0.2, 0.25) is 0 Å². The molecule has 0 fully saturated rings. The summed E-state index contributed by atoms with van der Waals surface area (Å²) in [4.78, 5) is 46.6. The molecule has 1 atom stereocenters. The number of carbonyl (C=O) groups is 2. The quantitative estimate of drug-likeness (QED) is 0.241. The molecule has 0 saturated heterocycles. The Morgan fingerprint density at radius 3 is 2.47 bits per heavy atom. The molecule has 0 saturated carbocycles. The number of hydrogen-bond donors (Lipinski definition) is 1. The second kappa shape index (κ2) is 13.4. The first-order chi connectivity index (χ1) is 21.6. The van der Waals surface area contributed by atoms with Crippen LogP contribution in [0.1, 0.15) is 37.9 Å². The van der Waals surface area contributed by atoms with Crippen LogP contribution in [-0.4, -0.2) is 60.4 Å². The highest BCUT2D eigenvalue weighted by Crippen LogP contribution is 2.40. The van der Waals surface area contributed by atoms with Crippen LogP contribution in [0.15, 0.2) is 69.6 Å². The minimum atomic E-state index is -1.11. The molecule has 0 radical (unpaired) electrons. The van der Waals surface area contributed by atoms with Crippen LogP contribution in [-0.2, 0) is 9.59 Å². The van der Waals surface area contributed by atoms with Crippen molar-refractivity contribution in [3.8, 4) is 17.2 Å². The molecule has 0 unspecified atom stereocenters. The van der Waals surface area contributed by atoms with Crippen LogP contribution in [0.25, 0.3) is 16.8 Å². The predicted octanol–water partition coefficient (Wildman–Crippen LogP) is 4.34. The molecular formula is C33H32IN3O7S. The third-order valence-electron chi connectivity index (χ3n) is 7.62. The van der Waals surface area contributed by atoms with Crippen LogP contribution in [0.5, 0.6) is 17.2 Å². The van der Waals surface area contributed by atoms with Crippen LogP contribution in [0.4, 0.5) is 0 Å². The number of carbonyl (C=O) groups excluding carboxylic acids is 1. The molecule has 45 heavy (non-hydrogen) atoms. The first kappa shape index (κ1) is 32.2. The van der Waals surface area contributed by atoms with Gasteiger partial charge in [0.1, 0.15) is 11.8 Å². The van der Waals surface area contributed by atoms with E-state index in [0.717, 1.165) is 10.8 Å². The predicted molar refractivity (Wildman–Crippen MR) is 181 cm³/mol. The van der Waals surface area contributed by atoms with Gasteiger partial charge in [0.05, 0.1) is 33.6 Å². The number of rotatable bonds is 10. The number of hydrogen-bond acceptors (Lipinski definition) is 8. The van der Waals surface area contributed by atoms with Crippen molar-refractivity contribution in [2.45, 2.75) is 26.8 Å². The van der Waals surface area contributed by atoms with Crippen molar-refractivity contribution < 1.29 is 28.9 Å². The number of amides is 1. The van der Waals surface area contributed by atoms with E-state index in [2.05, 4.69) is 0 Å². The molecular weight excluding hydrogens is 709 g/mol. The van der Waals surface area contributed by atoms with E-state index in [-0.39, 0.29) is 11.5 Å². The van der Waals surface area contributed by atoms with Crippen LogP contribution in [0, 0.1) is 3.57 Å². The third-order valence-corrected chi connectivity index (χ3v) is 9.40. The van der Waals surface area contributed by atoms with Gasteiger partial charge in [0.25, 0.3) is 11.5 Å². The fraction of sp³-hybridized carbons (Fsp3) is 0.273. The monoisotopic (exact) mass is 741 g/mol. The second-order valence-corrected chi connectivity index (χ2v) is 12.3. The van der Waals surface area contributed by atoms with Crippen molar-refractivity contribution in [3.63, 3.8) is 0 Å². The summed E-state index contributed by atoms with van der Waals surface area (Å²) in [5, 5.41) is 10.9. The fourth-order valence-corrected chi connectivity index (χ4v) is 7.36.